The first kappa shape index (κ1) is 36.3. The van der Waals surface area contributed by atoms with Crippen molar-refractivity contribution in [3.8, 4) is 17.2 Å². The zero-order chi connectivity index (χ0) is 34.4. The van der Waals surface area contributed by atoms with Gasteiger partial charge in [0, 0.05) is 0 Å². The quantitative estimate of drug-likeness (QED) is 0.0861. The molecule has 13 heteroatoms. The first-order chi connectivity index (χ1) is 21.5. The van der Waals surface area contributed by atoms with Crippen molar-refractivity contribution >= 4 is 8.56 Å². The van der Waals surface area contributed by atoms with Crippen LogP contribution in [0.15, 0.2) is 111 Å². The van der Waals surface area contributed by atoms with Crippen molar-refractivity contribution in [2.45, 2.75) is 55.5 Å². The van der Waals surface area contributed by atoms with E-state index in [0.717, 1.165) is 19.1 Å². The molecule has 3 nitrogen and oxygen atoms in total. The third kappa shape index (κ3) is 6.84. The fourth-order valence-corrected chi connectivity index (χ4v) is 7.63. The topological polar surface area (TPSA) is 27.7 Å². The maximum Gasteiger partial charge on any atom is 0.582 e. The zero-order valence-electron chi connectivity index (χ0n) is 24.6. The van der Waals surface area contributed by atoms with Crippen LogP contribution in [0.2, 0.25) is 0 Å². The van der Waals surface area contributed by atoms with Gasteiger partial charge in [-0.1, -0.05) is 72.8 Å². The van der Waals surface area contributed by atoms with Crippen molar-refractivity contribution < 1.29 is 53.1 Å². The SMILES string of the molecule is C=CCc1ccccc1OC(C)[Si](Oc1ccccc1CC=C)(Oc1ccccc1CC=C)C(F)(F)C(F)(F)C(F)(F)C(F)(F)F. The number of alkyl halides is 9. The Bertz CT molecular complexity index is 1470. The van der Waals surface area contributed by atoms with Gasteiger partial charge in [0.2, 0.25) is 0 Å². The van der Waals surface area contributed by atoms with Gasteiger partial charge in [-0.3, -0.25) is 0 Å². The Labute approximate surface area is 261 Å². The van der Waals surface area contributed by atoms with Gasteiger partial charge in [-0.2, -0.15) is 39.5 Å². The minimum absolute atomic E-state index is 0.0776. The van der Waals surface area contributed by atoms with Crippen LogP contribution in [0.3, 0.4) is 0 Å². The Morgan fingerprint density at radius 3 is 1.30 bits per heavy atom. The Balaban J connectivity index is 2.45. The maximum absolute atomic E-state index is 16.7. The number of rotatable bonds is 16. The second-order valence-corrected chi connectivity index (χ2v) is 13.3. The first-order valence-corrected chi connectivity index (χ1v) is 15.7. The van der Waals surface area contributed by atoms with Crippen molar-refractivity contribution in [2.75, 3.05) is 0 Å². The first-order valence-electron chi connectivity index (χ1n) is 13.8. The highest BCUT2D eigenvalue weighted by Gasteiger charge is 2.91. The predicted octanol–water partition coefficient (Wildman–Crippen LogP) is 9.79. The van der Waals surface area contributed by atoms with E-state index in [0.29, 0.717) is 5.56 Å². The van der Waals surface area contributed by atoms with Crippen LogP contribution in [0.5, 0.6) is 17.2 Å². The highest BCUT2D eigenvalue weighted by atomic mass is 28.4. The summed E-state index contributed by atoms with van der Waals surface area (Å²) in [6.45, 7) is 11.5. The van der Waals surface area contributed by atoms with Crippen molar-refractivity contribution in [3.63, 3.8) is 0 Å². The third-order valence-corrected chi connectivity index (χ3v) is 10.4. The van der Waals surface area contributed by atoms with Crippen LogP contribution in [0.1, 0.15) is 23.6 Å². The number of para-hydroxylation sites is 3. The summed E-state index contributed by atoms with van der Waals surface area (Å²) < 4.78 is 151. The molecule has 0 N–H and O–H groups in total. The van der Waals surface area contributed by atoms with E-state index >= 15 is 17.6 Å². The summed E-state index contributed by atoms with van der Waals surface area (Å²) in [7, 11) is -6.66. The van der Waals surface area contributed by atoms with E-state index in [2.05, 4.69) is 19.7 Å². The summed E-state index contributed by atoms with van der Waals surface area (Å²) >= 11 is 0. The molecule has 0 bridgehead atoms. The summed E-state index contributed by atoms with van der Waals surface area (Å²) in [5.74, 6) is -15.6. The molecule has 1 unspecified atom stereocenters. The van der Waals surface area contributed by atoms with Gasteiger partial charge in [0.05, 0.1) is 0 Å². The lowest BCUT2D eigenvalue weighted by molar-refractivity contribution is -0.386. The molecule has 0 heterocycles. The highest BCUT2D eigenvalue weighted by Crippen LogP contribution is 2.57. The van der Waals surface area contributed by atoms with Gasteiger partial charge in [-0.15, -0.1) is 19.7 Å². The molecule has 46 heavy (non-hydrogen) atoms. The van der Waals surface area contributed by atoms with Crippen LogP contribution in [-0.4, -0.2) is 37.9 Å². The molecule has 0 fully saturated rings. The molecular formula is C33H31F9O3Si. The summed E-state index contributed by atoms with van der Waals surface area (Å²) in [6, 6.07) is 16.1. The van der Waals surface area contributed by atoms with Crippen LogP contribution >= 0.6 is 0 Å². The molecule has 3 aromatic rings. The number of benzene rings is 3. The van der Waals surface area contributed by atoms with Gasteiger partial charge >= 0.3 is 32.1 Å². The molecular weight excluding hydrogens is 643 g/mol. The lowest BCUT2D eigenvalue weighted by Crippen LogP contribution is -2.80. The monoisotopic (exact) mass is 674 g/mol. The number of halogens is 9. The molecule has 0 aliphatic rings. The molecule has 0 saturated heterocycles. The largest absolute Gasteiger partial charge is 0.582 e. The zero-order valence-corrected chi connectivity index (χ0v) is 25.6. The van der Waals surface area contributed by atoms with Crippen LogP contribution < -0.4 is 13.6 Å². The standard InChI is InChI=1S/C33H31F9O3Si/c1-5-14-24-17-8-11-20-27(24)43-23(4)46(44-28-21-12-9-18-25(28)15-6-2,45-29-22-13-10-19-26(29)16-7-3)33(41,42)31(36,37)30(34,35)32(38,39)40/h5-13,17-23H,1-3,14-16H2,4H3. The lowest BCUT2D eigenvalue weighted by atomic mass is 10.1. The van der Waals surface area contributed by atoms with E-state index in [4.69, 9.17) is 13.6 Å². The van der Waals surface area contributed by atoms with Gasteiger partial charge in [0.1, 0.15) is 17.2 Å². The van der Waals surface area contributed by atoms with Crippen LogP contribution in [-0.2, 0) is 19.3 Å². The van der Waals surface area contributed by atoms with Gasteiger partial charge in [0.25, 0.3) is 0 Å². The van der Waals surface area contributed by atoms with Gasteiger partial charge < -0.3 is 13.6 Å². The molecule has 0 amide bonds. The smallest absolute Gasteiger partial charge is 0.506 e. The second kappa shape index (κ2) is 14.1. The van der Waals surface area contributed by atoms with Crippen molar-refractivity contribution in [1.82, 2.24) is 0 Å². The second-order valence-electron chi connectivity index (χ2n) is 10.2. The van der Waals surface area contributed by atoms with Gasteiger partial charge in [0.15, 0.2) is 5.73 Å². The minimum atomic E-state index is -7.23. The predicted molar refractivity (Wildman–Crippen MR) is 159 cm³/mol. The number of allylic oxidation sites excluding steroid dienone is 3. The van der Waals surface area contributed by atoms with E-state index in [9.17, 15) is 22.0 Å². The molecule has 248 valence electrons. The van der Waals surface area contributed by atoms with E-state index < -0.39 is 49.4 Å². The van der Waals surface area contributed by atoms with Crippen LogP contribution in [0.4, 0.5) is 39.5 Å². The maximum atomic E-state index is 16.7. The molecule has 1 atom stereocenters. The van der Waals surface area contributed by atoms with E-state index in [1.807, 2.05) is 0 Å². The molecule has 3 aromatic carbocycles. The molecule has 0 radical (unpaired) electrons. The minimum Gasteiger partial charge on any atom is -0.506 e. The summed E-state index contributed by atoms with van der Waals surface area (Å²) in [6.07, 6.45) is -3.07. The van der Waals surface area contributed by atoms with E-state index in [1.165, 1.54) is 72.8 Å². The highest BCUT2D eigenvalue weighted by molar-refractivity contribution is 6.73. The number of ether oxygens (including phenoxy) is 1. The molecule has 0 aliphatic carbocycles. The summed E-state index contributed by atoms with van der Waals surface area (Å²) in [5.41, 5.74) is -8.20. The van der Waals surface area contributed by atoms with Crippen molar-refractivity contribution in [3.05, 3.63) is 127 Å². The molecule has 0 saturated carbocycles. The van der Waals surface area contributed by atoms with Crippen LogP contribution in [0.25, 0.3) is 0 Å². The van der Waals surface area contributed by atoms with Gasteiger partial charge in [-0.05, 0) is 61.1 Å². The Hall–Kier alpha value is -4.13. The summed E-state index contributed by atoms with van der Waals surface area (Å²) in [4.78, 5) is 0. The van der Waals surface area contributed by atoms with Crippen molar-refractivity contribution in [2.24, 2.45) is 0 Å². The number of hydrogen-bond donors (Lipinski definition) is 0. The Kier molecular flexibility index (Phi) is 11.1. The Morgan fingerprint density at radius 2 is 0.935 bits per heavy atom. The number of hydrogen-bond acceptors (Lipinski definition) is 3. The lowest BCUT2D eigenvalue weighted by Gasteiger charge is -2.44. The molecule has 0 aromatic heterocycles. The molecule has 0 spiro atoms. The van der Waals surface area contributed by atoms with Gasteiger partial charge in [-0.25, -0.2) is 0 Å². The van der Waals surface area contributed by atoms with Crippen molar-refractivity contribution in [1.29, 1.82) is 0 Å². The summed E-state index contributed by atoms with van der Waals surface area (Å²) in [5, 5.41) is 0. The molecule has 3 rings (SSSR count). The fraction of sp³-hybridized carbons (Fsp3) is 0.273. The average molecular weight is 675 g/mol. The average Bonchev–Trinajstić information content (AvgIpc) is 2.99. The normalized spacial score (nSPS) is 13.4. The van der Waals surface area contributed by atoms with E-state index in [1.54, 1.807) is 6.07 Å². The molecule has 0 aliphatic heterocycles. The third-order valence-electron chi connectivity index (χ3n) is 6.96. The van der Waals surface area contributed by atoms with E-state index in [-0.39, 0.29) is 36.1 Å². The fourth-order valence-electron chi connectivity index (χ4n) is 4.56. The Morgan fingerprint density at radius 1 is 0.587 bits per heavy atom. The van der Waals surface area contributed by atoms with Crippen LogP contribution in [0, 0.1) is 0 Å².